The summed E-state index contributed by atoms with van der Waals surface area (Å²) >= 11 is 0. The van der Waals surface area contributed by atoms with Gasteiger partial charge in [0.05, 0.1) is 0 Å². The lowest BCUT2D eigenvalue weighted by Crippen LogP contribution is -2.12. The second-order valence-electron chi connectivity index (χ2n) is 4.91. The Morgan fingerprint density at radius 2 is 1.86 bits per heavy atom. The maximum Gasteiger partial charge on any atom is 0.303 e. The number of benzene rings is 1. The SMILES string of the molecule is Cc1cc(C)c(C(=O)Nc2ccc(CCC(=O)O)cc2)o1. The zero-order valence-corrected chi connectivity index (χ0v) is 12.0. The van der Waals surface area contributed by atoms with Gasteiger partial charge in [0.25, 0.3) is 5.91 Å². The van der Waals surface area contributed by atoms with Crippen LogP contribution in [0, 0.1) is 13.8 Å². The predicted octanol–water partition coefficient (Wildman–Crippen LogP) is 3.17. The van der Waals surface area contributed by atoms with Crippen LogP contribution in [-0.4, -0.2) is 17.0 Å². The van der Waals surface area contributed by atoms with Gasteiger partial charge in [0.1, 0.15) is 5.76 Å². The fraction of sp³-hybridized carbons (Fsp3) is 0.250. The molecule has 2 aromatic rings. The van der Waals surface area contributed by atoms with Gasteiger partial charge >= 0.3 is 5.97 Å². The number of carboxylic acid groups (broad SMARTS) is 1. The Morgan fingerprint density at radius 3 is 2.38 bits per heavy atom. The van der Waals surface area contributed by atoms with Crippen molar-refractivity contribution in [3.8, 4) is 0 Å². The number of carboxylic acids is 1. The van der Waals surface area contributed by atoms with E-state index in [2.05, 4.69) is 5.32 Å². The molecule has 5 heteroatoms. The minimum atomic E-state index is -0.823. The van der Waals surface area contributed by atoms with Crippen molar-refractivity contribution >= 4 is 17.6 Å². The third-order valence-corrected chi connectivity index (χ3v) is 3.09. The van der Waals surface area contributed by atoms with Gasteiger partial charge in [-0.15, -0.1) is 0 Å². The van der Waals surface area contributed by atoms with Crippen LogP contribution in [0.15, 0.2) is 34.7 Å². The van der Waals surface area contributed by atoms with Crippen LogP contribution in [0.3, 0.4) is 0 Å². The number of hydrogen-bond acceptors (Lipinski definition) is 3. The van der Waals surface area contributed by atoms with Crippen LogP contribution in [0.4, 0.5) is 5.69 Å². The van der Waals surface area contributed by atoms with Crippen LogP contribution >= 0.6 is 0 Å². The van der Waals surface area contributed by atoms with Crippen LogP contribution in [0.5, 0.6) is 0 Å². The van der Waals surface area contributed by atoms with E-state index >= 15 is 0 Å². The first-order chi connectivity index (χ1) is 9.95. The molecule has 2 N–H and O–H groups in total. The Kier molecular flexibility index (Phi) is 4.42. The molecular weight excluding hydrogens is 270 g/mol. The molecule has 0 aliphatic carbocycles. The Balaban J connectivity index is 2.01. The molecule has 0 saturated carbocycles. The smallest absolute Gasteiger partial charge is 0.303 e. The molecule has 5 nitrogen and oxygen atoms in total. The number of amides is 1. The summed E-state index contributed by atoms with van der Waals surface area (Å²) in [5.41, 5.74) is 2.36. The van der Waals surface area contributed by atoms with Crippen molar-refractivity contribution in [3.05, 3.63) is 53.0 Å². The van der Waals surface area contributed by atoms with Gasteiger partial charge < -0.3 is 14.8 Å². The number of furan rings is 1. The van der Waals surface area contributed by atoms with Crippen LogP contribution < -0.4 is 5.32 Å². The lowest BCUT2D eigenvalue weighted by molar-refractivity contribution is -0.136. The molecule has 0 fully saturated rings. The van der Waals surface area contributed by atoms with Crippen LogP contribution in [-0.2, 0) is 11.2 Å². The number of carbonyl (C=O) groups is 2. The summed E-state index contributed by atoms with van der Waals surface area (Å²) < 4.78 is 5.36. The highest BCUT2D eigenvalue weighted by atomic mass is 16.4. The van der Waals surface area contributed by atoms with Crippen LogP contribution in [0.25, 0.3) is 0 Å². The summed E-state index contributed by atoms with van der Waals surface area (Å²) in [6, 6.07) is 8.92. The summed E-state index contributed by atoms with van der Waals surface area (Å²) in [5, 5.41) is 11.4. The number of aliphatic carboxylic acids is 1. The molecule has 0 spiro atoms. The van der Waals surface area contributed by atoms with Crippen molar-refractivity contribution < 1.29 is 19.1 Å². The van der Waals surface area contributed by atoms with Gasteiger partial charge in [0, 0.05) is 17.7 Å². The number of anilines is 1. The van der Waals surface area contributed by atoms with Crippen LogP contribution in [0.1, 0.15) is 33.9 Å². The first-order valence-corrected chi connectivity index (χ1v) is 6.65. The normalized spacial score (nSPS) is 10.4. The summed E-state index contributed by atoms with van der Waals surface area (Å²) in [4.78, 5) is 22.6. The highest BCUT2D eigenvalue weighted by Crippen LogP contribution is 2.17. The minimum absolute atomic E-state index is 0.0938. The number of aryl methyl sites for hydroxylation is 3. The first kappa shape index (κ1) is 14.8. The summed E-state index contributed by atoms with van der Waals surface area (Å²) in [7, 11) is 0. The Labute approximate surface area is 122 Å². The summed E-state index contributed by atoms with van der Waals surface area (Å²) in [5.74, 6) is -0.112. The van der Waals surface area contributed by atoms with Crippen molar-refractivity contribution in [2.24, 2.45) is 0 Å². The van der Waals surface area contributed by atoms with Gasteiger partial charge in [-0.25, -0.2) is 0 Å². The van der Waals surface area contributed by atoms with Crippen molar-refractivity contribution in [2.45, 2.75) is 26.7 Å². The van der Waals surface area contributed by atoms with E-state index in [1.807, 2.05) is 13.0 Å². The Bertz CT molecular complexity index is 655. The zero-order chi connectivity index (χ0) is 15.4. The topological polar surface area (TPSA) is 79.5 Å². The van der Waals surface area contributed by atoms with Gasteiger partial charge in [0.2, 0.25) is 0 Å². The number of hydrogen-bond donors (Lipinski definition) is 2. The van der Waals surface area contributed by atoms with Gasteiger partial charge in [-0.05, 0) is 44.0 Å². The second-order valence-corrected chi connectivity index (χ2v) is 4.91. The molecule has 2 rings (SSSR count). The number of rotatable bonds is 5. The molecule has 0 unspecified atom stereocenters. The Morgan fingerprint density at radius 1 is 1.19 bits per heavy atom. The van der Waals surface area contributed by atoms with Crippen LogP contribution in [0.2, 0.25) is 0 Å². The van der Waals surface area contributed by atoms with Gasteiger partial charge in [-0.1, -0.05) is 12.1 Å². The van der Waals surface area contributed by atoms with E-state index in [0.29, 0.717) is 23.6 Å². The average molecular weight is 287 g/mol. The highest BCUT2D eigenvalue weighted by Gasteiger charge is 2.14. The van der Waals surface area contributed by atoms with Crippen molar-refractivity contribution in [1.29, 1.82) is 0 Å². The fourth-order valence-electron chi connectivity index (χ4n) is 2.06. The molecule has 0 saturated heterocycles. The van der Waals surface area contributed by atoms with Gasteiger partial charge in [0.15, 0.2) is 5.76 Å². The zero-order valence-electron chi connectivity index (χ0n) is 12.0. The third kappa shape index (κ3) is 3.95. The van der Waals surface area contributed by atoms with E-state index in [1.165, 1.54) is 0 Å². The minimum Gasteiger partial charge on any atom is -0.481 e. The molecular formula is C16H17NO4. The Hall–Kier alpha value is -2.56. The quantitative estimate of drug-likeness (QED) is 0.885. The molecule has 1 aromatic carbocycles. The lowest BCUT2D eigenvalue weighted by atomic mass is 10.1. The molecule has 1 amide bonds. The second kappa shape index (κ2) is 6.26. The van der Waals surface area contributed by atoms with E-state index < -0.39 is 5.97 Å². The van der Waals surface area contributed by atoms with Crippen molar-refractivity contribution in [3.63, 3.8) is 0 Å². The monoisotopic (exact) mass is 287 g/mol. The van der Waals surface area contributed by atoms with E-state index in [-0.39, 0.29) is 12.3 Å². The van der Waals surface area contributed by atoms with E-state index in [0.717, 1.165) is 11.1 Å². The maximum absolute atomic E-state index is 12.1. The molecule has 21 heavy (non-hydrogen) atoms. The highest BCUT2D eigenvalue weighted by molar-refractivity contribution is 6.03. The summed E-state index contributed by atoms with van der Waals surface area (Å²) in [6.07, 6.45) is 0.566. The predicted molar refractivity (Wildman–Crippen MR) is 78.5 cm³/mol. The molecule has 1 aromatic heterocycles. The van der Waals surface area contributed by atoms with Gasteiger partial charge in [-0.3, -0.25) is 9.59 Å². The molecule has 1 heterocycles. The standard InChI is InChI=1S/C16H17NO4/c1-10-9-11(2)21-15(10)16(20)17-13-6-3-12(4-7-13)5-8-14(18)19/h3-4,6-7,9H,5,8H2,1-2H3,(H,17,20)(H,18,19). The molecule has 0 radical (unpaired) electrons. The van der Waals surface area contributed by atoms with Crippen molar-refractivity contribution in [1.82, 2.24) is 0 Å². The number of nitrogens with one attached hydrogen (secondary N) is 1. The van der Waals surface area contributed by atoms with Gasteiger partial charge in [-0.2, -0.15) is 0 Å². The molecule has 0 aliphatic rings. The maximum atomic E-state index is 12.1. The third-order valence-electron chi connectivity index (χ3n) is 3.09. The molecule has 0 aliphatic heterocycles. The first-order valence-electron chi connectivity index (χ1n) is 6.65. The van der Waals surface area contributed by atoms with E-state index in [4.69, 9.17) is 9.52 Å². The fourth-order valence-corrected chi connectivity index (χ4v) is 2.06. The average Bonchev–Trinajstić information content (AvgIpc) is 2.77. The molecule has 110 valence electrons. The van der Waals surface area contributed by atoms with E-state index in [9.17, 15) is 9.59 Å². The summed E-state index contributed by atoms with van der Waals surface area (Å²) in [6.45, 7) is 3.61. The number of carbonyl (C=O) groups excluding carboxylic acids is 1. The largest absolute Gasteiger partial charge is 0.481 e. The molecule has 0 atom stereocenters. The van der Waals surface area contributed by atoms with E-state index in [1.54, 1.807) is 31.2 Å². The van der Waals surface area contributed by atoms with Crippen molar-refractivity contribution in [2.75, 3.05) is 5.32 Å². The molecule has 0 bridgehead atoms. The lowest BCUT2D eigenvalue weighted by Gasteiger charge is -2.05.